The number of carbonyl (C=O) groups is 1. The number of halogens is 1. The molecule has 2 aromatic carbocycles. The van der Waals surface area contributed by atoms with E-state index in [1.807, 2.05) is 48.5 Å². The monoisotopic (exact) mass is 476 g/mol. The van der Waals surface area contributed by atoms with Crippen LogP contribution in [-0.4, -0.2) is 57.9 Å². The molecule has 1 saturated heterocycles. The Morgan fingerprint density at radius 2 is 2.06 bits per heavy atom. The van der Waals surface area contributed by atoms with Crippen molar-refractivity contribution in [1.82, 2.24) is 19.9 Å². The predicted molar refractivity (Wildman–Crippen MR) is 134 cm³/mol. The number of rotatable bonds is 7. The molecule has 9 heteroatoms. The Hall–Kier alpha value is -3.46. The topological polar surface area (TPSA) is 94.8 Å². The number of aliphatic hydroxyl groups excluding tert-OH is 1. The highest BCUT2D eigenvalue weighted by molar-refractivity contribution is 6.30. The van der Waals surface area contributed by atoms with Gasteiger partial charge in [0, 0.05) is 42.5 Å². The molecule has 0 bridgehead atoms. The molecule has 34 heavy (non-hydrogen) atoms. The highest BCUT2D eigenvalue weighted by Crippen LogP contribution is 2.30. The maximum absolute atomic E-state index is 13.2. The van der Waals surface area contributed by atoms with Gasteiger partial charge in [-0.05, 0) is 42.3 Å². The molecule has 3 N–H and O–H groups in total. The third-order valence-electron chi connectivity index (χ3n) is 5.96. The molecule has 0 aliphatic carbocycles. The Morgan fingerprint density at radius 1 is 1.18 bits per heavy atom. The van der Waals surface area contributed by atoms with E-state index in [-0.39, 0.29) is 12.5 Å². The van der Waals surface area contributed by atoms with Gasteiger partial charge in [-0.3, -0.25) is 4.79 Å². The van der Waals surface area contributed by atoms with Crippen molar-refractivity contribution in [3.63, 3.8) is 0 Å². The van der Waals surface area contributed by atoms with Gasteiger partial charge in [0.05, 0.1) is 24.2 Å². The minimum Gasteiger partial charge on any atom is -0.395 e. The van der Waals surface area contributed by atoms with Gasteiger partial charge in [-0.1, -0.05) is 35.9 Å². The van der Waals surface area contributed by atoms with Crippen molar-refractivity contribution >= 4 is 34.5 Å². The first-order valence-corrected chi connectivity index (χ1v) is 11.6. The lowest BCUT2D eigenvalue weighted by atomic mass is 10.1. The number of fused-ring (bicyclic) bond motifs is 1. The summed E-state index contributed by atoms with van der Waals surface area (Å²) < 4.78 is 1.64. The van der Waals surface area contributed by atoms with Crippen LogP contribution in [0.15, 0.2) is 67.0 Å². The van der Waals surface area contributed by atoms with E-state index in [2.05, 4.69) is 25.6 Å². The second-order valence-corrected chi connectivity index (χ2v) is 8.67. The number of nitrogens with zero attached hydrogens (tertiary/aromatic N) is 4. The summed E-state index contributed by atoms with van der Waals surface area (Å²) in [5, 5.41) is 20.4. The highest BCUT2D eigenvalue weighted by atomic mass is 35.5. The van der Waals surface area contributed by atoms with Crippen LogP contribution < -0.4 is 15.5 Å². The predicted octanol–water partition coefficient (Wildman–Crippen LogP) is 3.46. The Labute approximate surface area is 202 Å². The van der Waals surface area contributed by atoms with Gasteiger partial charge < -0.3 is 20.6 Å². The molecule has 0 radical (unpaired) electrons. The molecule has 0 spiro atoms. The van der Waals surface area contributed by atoms with E-state index < -0.39 is 0 Å². The molecule has 174 valence electrons. The van der Waals surface area contributed by atoms with Gasteiger partial charge in [-0.25, -0.2) is 9.50 Å². The van der Waals surface area contributed by atoms with E-state index in [0.717, 1.165) is 42.0 Å². The molecule has 1 aliphatic rings. The molecule has 1 aliphatic heterocycles. The van der Waals surface area contributed by atoms with E-state index in [1.165, 1.54) is 0 Å². The Balaban J connectivity index is 1.38. The first-order valence-electron chi connectivity index (χ1n) is 11.2. The fourth-order valence-corrected chi connectivity index (χ4v) is 4.50. The number of aliphatic hydroxyl groups is 1. The quantitative estimate of drug-likeness (QED) is 0.378. The molecule has 8 nitrogen and oxygen atoms in total. The summed E-state index contributed by atoms with van der Waals surface area (Å²) >= 11 is 6.16. The third kappa shape index (κ3) is 4.61. The van der Waals surface area contributed by atoms with Crippen LogP contribution in [0, 0.1) is 0 Å². The fraction of sp³-hybridized carbons (Fsp3) is 0.240. The van der Waals surface area contributed by atoms with Gasteiger partial charge in [0.25, 0.3) is 5.91 Å². The van der Waals surface area contributed by atoms with Crippen LogP contribution in [0.1, 0.15) is 16.9 Å². The summed E-state index contributed by atoms with van der Waals surface area (Å²) in [5.74, 6) is -0.289. The fourth-order valence-electron chi connectivity index (χ4n) is 4.31. The van der Waals surface area contributed by atoms with Gasteiger partial charge in [-0.15, -0.1) is 0 Å². The number of aromatic nitrogens is 3. The van der Waals surface area contributed by atoms with E-state index in [0.29, 0.717) is 29.0 Å². The van der Waals surface area contributed by atoms with E-state index >= 15 is 0 Å². The molecular weight excluding hydrogens is 452 g/mol. The number of nitrogens with one attached hydrogen (secondary N) is 2. The van der Waals surface area contributed by atoms with E-state index in [1.54, 1.807) is 23.0 Å². The lowest BCUT2D eigenvalue weighted by Crippen LogP contribution is -2.34. The van der Waals surface area contributed by atoms with Crippen LogP contribution in [0.2, 0.25) is 5.02 Å². The van der Waals surface area contributed by atoms with E-state index in [4.69, 9.17) is 16.7 Å². The number of para-hydroxylation sites is 2. The smallest absolute Gasteiger partial charge is 0.274 e. The van der Waals surface area contributed by atoms with Gasteiger partial charge >= 0.3 is 0 Å². The van der Waals surface area contributed by atoms with Crippen molar-refractivity contribution < 1.29 is 9.90 Å². The zero-order chi connectivity index (χ0) is 23.5. The van der Waals surface area contributed by atoms with Crippen molar-refractivity contribution in [3.05, 3.63) is 77.7 Å². The van der Waals surface area contributed by atoms with E-state index in [9.17, 15) is 4.79 Å². The first-order chi connectivity index (χ1) is 16.6. The first kappa shape index (κ1) is 22.3. The number of carbonyl (C=O) groups excluding carboxylic acids is 1. The summed E-state index contributed by atoms with van der Waals surface area (Å²) in [6.07, 6.45) is 4.43. The van der Waals surface area contributed by atoms with Crippen LogP contribution in [0.25, 0.3) is 16.8 Å². The summed E-state index contributed by atoms with van der Waals surface area (Å²) in [4.78, 5) is 20.0. The van der Waals surface area contributed by atoms with Gasteiger partial charge in [0.1, 0.15) is 5.69 Å². The Kier molecular flexibility index (Phi) is 6.44. The van der Waals surface area contributed by atoms with Gasteiger partial charge in [-0.2, -0.15) is 5.10 Å². The van der Waals surface area contributed by atoms with Crippen LogP contribution in [-0.2, 0) is 0 Å². The second-order valence-electron chi connectivity index (χ2n) is 8.23. The highest BCUT2D eigenvalue weighted by Gasteiger charge is 2.24. The molecule has 1 atom stereocenters. The van der Waals surface area contributed by atoms with Crippen molar-refractivity contribution in [3.8, 4) is 11.1 Å². The minimum absolute atomic E-state index is 0.122. The Bertz CT molecular complexity index is 1320. The van der Waals surface area contributed by atoms with Crippen LogP contribution in [0.5, 0.6) is 0 Å². The standard InChI is InChI=1S/C25H25ClN6O2/c26-18-5-3-4-17(14-18)20-15-28-32-12-9-22(29-24(20)32)25(34)30-21-6-1-2-7-23(21)31-11-8-19(16-31)27-10-13-33/h1-7,9,12,14-15,19,27,33H,8,10-11,13,16H2,(H,30,34)/t19-/m0/s1. The number of benzene rings is 2. The summed E-state index contributed by atoms with van der Waals surface area (Å²) in [7, 11) is 0. The van der Waals surface area contributed by atoms with Crippen LogP contribution in [0.3, 0.4) is 0 Å². The largest absolute Gasteiger partial charge is 0.395 e. The maximum atomic E-state index is 13.2. The van der Waals surface area contributed by atoms with Crippen molar-refractivity contribution in [1.29, 1.82) is 0 Å². The number of hydrogen-bond acceptors (Lipinski definition) is 6. The summed E-state index contributed by atoms with van der Waals surface area (Å²) in [5.41, 5.74) is 4.28. The average molecular weight is 477 g/mol. The minimum atomic E-state index is -0.289. The average Bonchev–Trinajstić information content (AvgIpc) is 3.50. The number of amides is 1. The zero-order valence-corrected chi connectivity index (χ0v) is 19.2. The summed E-state index contributed by atoms with van der Waals surface area (Å²) in [6.45, 7) is 2.39. The molecule has 0 unspecified atom stereocenters. The molecule has 3 heterocycles. The molecule has 0 saturated carbocycles. The zero-order valence-electron chi connectivity index (χ0n) is 18.5. The SMILES string of the molecule is O=C(Nc1ccccc1N1CC[C@H](NCCO)C1)c1ccn2ncc(-c3cccc(Cl)c3)c2n1. The van der Waals surface area contributed by atoms with Gasteiger partial charge in [0.15, 0.2) is 5.65 Å². The lowest BCUT2D eigenvalue weighted by molar-refractivity contribution is 0.102. The van der Waals surface area contributed by atoms with Gasteiger partial charge in [0.2, 0.25) is 0 Å². The summed E-state index contributed by atoms with van der Waals surface area (Å²) in [6, 6.07) is 17.2. The molecular formula is C25H25ClN6O2. The molecule has 1 fully saturated rings. The maximum Gasteiger partial charge on any atom is 0.274 e. The van der Waals surface area contributed by atoms with Crippen LogP contribution >= 0.6 is 11.6 Å². The molecule has 4 aromatic rings. The second kappa shape index (κ2) is 9.80. The molecule has 1 amide bonds. The lowest BCUT2D eigenvalue weighted by Gasteiger charge is -2.22. The van der Waals surface area contributed by atoms with Crippen molar-refractivity contribution in [2.75, 3.05) is 36.5 Å². The number of anilines is 2. The molecule has 5 rings (SSSR count). The normalized spacial score (nSPS) is 15.7. The molecule has 2 aromatic heterocycles. The van der Waals surface area contributed by atoms with Crippen molar-refractivity contribution in [2.24, 2.45) is 0 Å². The Morgan fingerprint density at radius 3 is 2.91 bits per heavy atom. The number of hydrogen-bond donors (Lipinski definition) is 3. The van der Waals surface area contributed by atoms with Crippen molar-refractivity contribution in [2.45, 2.75) is 12.5 Å². The third-order valence-corrected chi connectivity index (χ3v) is 6.20. The van der Waals surface area contributed by atoms with Crippen LogP contribution in [0.4, 0.5) is 11.4 Å².